The monoisotopic (exact) mass is 1910 g/mol. The van der Waals surface area contributed by atoms with Gasteiger partial charge in [0.05, 0.1) is 76.3 Å². The van der Waals surface area contributed by atoms with E-state index < -0.39 is 354 Å². The van der Waals surface area contributed by atoms with E-state index in [0.29, 0.717) is 44.9 Å². The molecule has 5 aliphatic carbocycles. The number of aliphatic hydroxyl groups excluding tert-OH is 23. The second-order valence-corrected chi connectivity index (χ2v) is 41.6. The SMILES string of the molecule is C=CC(C)(CCC=C(C)C(=O)OC1C(OCC2OC(OC(=O)C34CCC(C)(C)CC3C3=CCC5C6(C)CCC(OC7OC(COC8OCC(O)C(O)C8OC8OCC(O)C(O)C8O)C(O)C(O)C7O)C(C)(C)C6CCC5(C)C3(C)CC4O)C(OC3OC(C)C(OC4OCC(O)C(O)C4OC4OCC(O)C(O)C4O)C(O)C3O)C(O)C2O)OC(C)C(O)C1O)OC1OCC(O)C(O)C1O. The van der Waals surface area contributed by atoms with Gasteiger partial charge in [-0.1, -0.05) is 72.3 Å². The molecule has 13 fully saturated rings. The van der Waals surface area contributed by atoms with Crippen LogP contribution < -0.4 is 0 Å². The van der Waals surface area contributed by atoms with E-state index >= 15 is 4.79 Å². The minimum absolute atomic E-state index is 0.0237. The molecule has 14 rings (SSSR count). The highest BCUT2D eigenvalue weighted by Crippen LogP contribution is 2.76. The van der Waals surface area contributed by atoms with Gasteiger partial charge >= 0.3 is 11.9 Å². The van der Waals surface area contributed by atoms with Gasteiger partial charge in [0.25, 0.3) is 0 Å². The zero-order valence-corrected chi connectivity index (χ0v) is 76.5. The Labute approximate surface area is 768 Å². The average Bonchev–Trinajstić information content (AvgIpc) is 0.668. The Balaban J connectivity index is 0.700. The molecule has 50 atom stereocenters. The number of aliphatic hydroxyl groups is 23. The number of fused-ring (bicyclic) bond motifs is 7. The van der Waals surface area contributed by atoms with Gasteiger partial charge in [-0.25, -0.2) is 4.79 Å². The van der Waals surface area contributed by atoms with Crippen LogP contribution in [0.15, 0.2) is 36.0 Å². The van der Waals surface area contributed by atoms with E-state index in [1.165, 1.54) is 32.9 Å². The first kappa shape index (κ1) is 105. The molecule has 14 aliphatic rings. The fourth-order valence-electron chi connectivity index (χ4n) is 23.4. The molecule has 23 N–H and O–H groups in total. The summed E-state index contributed by atoms with van der Waals surface area (Å²) in [5.74, 6) is -2.96. The highest BCUT2D eigenvalue weighted by atomic mass is 16.8. The molecule has 9 heterocycles. The standard InChI is InChI=1S/C89H142O44/c1-13-85(9,133-75-64(110)53(99)41(92)29-117-75)20-14-15-34(2)72(113)127-70-59(105)50(96)35(3)122-79(70)121-33-45-57(103)60(106)71(131-76-66(112)61(107)67(36(4)123-76)128-80-69(55(101)43(94)31-119-80)130-74-63(109)52(98)40(91)28-116-74)81(125-45)132-82(114)89-24-23-83(5,6)25-38(89)37-16-17-47-86(10)21-19-49(84(7,8)46(86)18-22-87(47,11)88(37,12)26-48(89)95)126-77-65(111)58(104)56(102)44(124-77)32-120-78-68(54(100)42(93)30-118-78)129-73-62(108)51(97)39(90)27-115-73/h13,15-16,35-36,38-71,73-81,90-112H,1,14,17-33H2,2-12H3. The van der Waals surface area contributed by atoms with Crippen molar-refractivity contribution in [3.63, 3.8) is 0 Å². The zero-order chi connectivity index (χ0) is 97.1. The normalized spacial score (nSPS) is 51.8. The Morgan fingerprint density at radius 2 is 0.917 bits per heavy atom. The van der Waals surface area contributed by atoms with E-state index in [4.69, 9.17) is 90.0 Å². The van der Waals surface area contributed by atoms with Crippen LogP contribution in [-0.4, -0.2) is 439 Å². The van der Waals surface area contributed by atoms with Crippen molar-refractivity contribution in [2.75, 3.05) is 46.2 Å². The summed E-state index contributed by atoms with van der Waals surface area (Å²) >= 11 is 0. The van der Waals surface area contributed by atoms with Crippen LogP contribution >= 0.6 is 0 Å². The van der Waals surface area contributed by atoms with Gasteiger partial charge < -0.3 is 207 Å². The quantitative estimate of drug-likeness (QED) is 0.0166. The van der Waals surface area contributed by atoms with Gasteiger partial charge in [0.1, 0.15) is 170 Å². The van der Waals surface area contributed by atoms with Gasteiger partial charge in [0, 0.05) is 5.57 Å². The van der Waals surface area contributed by atoms with Crippen molar-refractivity contribution in [1.29, 1.82) is 0 Å². The van der Waals surface area contributed by atoms with Crippen molar-refractivity contribution in [3.05, 3.63) is 36.0 Å². The summed E-state index contributed by atoms with van der Waals surface area (Å²) in [5.41, 5.74) is -5.16. The summed E-state index contributed by atoms with van der Waals surface area (Å²) in [6.07, 6.45) is -62.4. The van der Waals surface area contributed by atoms with Crippen LogP contribution in [0.3, 0.4) is 0 Å². The van der Waals surface area contributed by atoms with Crippen molar-refractivity contribution < 1.29 is 217 Å². The minimum atomic E-state index is -2.24. The highest BCUT2D eigenvalue weighted by molar-refractivity contribution is 5.88. The predicted molar refractivity (Wildman–Crippen MR) is 442 cm³/mol. The van der Waals surface area contributed by atoms with Crippen molar-refractivity contribution in [2.24, 2.45) is 50.2 Å². The fourth-order valence-corrected chi connectivity index (χ4v) is 23.4. The summed E-state index contributed by atoms with van der Waals surface area (Å²) < 4.78 is 114. The third-order valence-electron chi connectivity index (χ3n) is 32.1. The first-order valence-electron chi connectivity index (χ1n) is 46.3. The molecule has 9 aliphatic heterocycles. The van der Waals surface area contributed by atoms with Gasteiger partial charge in [-0.15, -0.1) is 6.58 Å². The molecule has 44 nitrogen and oxygen atoms in total. The lowest BCUT2D eigenvalue weighted by Gasteiger charge is -2.71. The summed E-state index contributed by atoms with van der Waals surface area (Å²) in [5, 5.41) is 257. The molecular weight excluding hydrogens is 1770 g/mol. The van der Waals surface area contributed by atoms with Gasteiger partial charge in [0.15, 0.2) is 62.5 Å². The Bertz CT molecular complexity index is 3980. The molecule has 4 saturated carbocycles. The number of carbonyl (C=O) groups excluding carboxylic acids is 2. The van der Waals surface area contributed by atoms with Crippen molar-refractivity contribution in [2.45, 2.75) is 410 Å². The smallest absolute Gasteiger partial charge is 0.333 e. The van der Waals surface area contributed by atoms with Gasteiger partial charge in [-0.3, -0.25) is 4.79 Å². The Hall–Kier alpha value is -3.44. The van der Waals surface area contributed by atoms with E-state index in [-0.39, 0.29) is 49.7 Å². The average molecular weight is 1920 g/mol. The molecule has 762 valence electrons. The number of ether oxygens (including phenoxy) is 19. The maximum Gasteiger partial charge on any atom is 0.333 e. The summed E-state index contributed by atoms with van der Waals surface area (Å²) in [4.78, 5) is 30.5. The van der Waals surface area contributed by atoms with Crippen LogP contribution in [0.25, 0.3) is 0 Å². The molecule has 0 aromatic heterocycles. The molecule has 50 unspecified atom stereocenters. The Morgan fingerprint density at radius 1 is 0.451 bits per heavy atom. The second-order valence-electron chi connectivity index (χ2n) is 41.6. The molecule has 44 heteroatoms. The fraction of sp³-hybridized carbons (Fsp3) is 0.910. The second kappa shape index (κ2) is 41.1. The van der Waals surface area contributed by atoms with E-state index in [0.717, 1.165) is 5.57 Å². The number of esters is 2. The lowest BCUT2D eigenvalue weighted by molar-refractivity contribution is -0.385. The van der Waals surface area contributed by atoms with Gasteiger partial charge in [0.2, 0.25) is 6.29 Å². The molecule has 9 saturated heterocycles. The first-order valence-corrected chi connectivity index (χ1v) is 46.3. The third kappa shape index (κ3) is 20.2. The highest BCUT2D eigenvalue weighted by Gasteiger charge is 2.73. The molecule has 0 amide bonds. The molecule has 0 spiro atoms. The molecule has 0 aromatic rings. The van der Waals surface area contributed by atoms with Crippen LogP contribution in [0, 0.1) is 50.2 Å². The third-order valence-corrected chi connectivity index (χ3v) is 32.1. The van der Waals surface area contributed by atoms with Crippen LogP contribution in [0.4, 0.5) is 0 Å². The largest absolute Gasteiger partial charge is 0.451 e. The first-order chi connectivity index (χ1) is 62.4. The number of hydrogen-bond acceptors (Lipinski definition) is 44. The predicted octanol–water partition coefficient (Wildman–Crippen LogP) is -6.48. The Morgan fingerprint density at radius 3 is 1.51 bits per heavy atom. The molecule has 0 bridgehead atoms. The van der Waals surface area contributed by atoms with Crippen LogP contribution in [-0.2, 0) is 99.6 Å². The van der Waals surface area contributed by atoms with Crippen LogP contribution in [0.1, 0.15) is 147 Å². The van der Waals surface area contributed by atoms with Crippen molar-refractivity contribution >= 4 is 11.9 Å². The maximum absolute atomic E-state index is 16.4. The minimum Gasteiger partial charge on any atom is -0.451 e. The number of rotatable bonds is 26. The molecule has 133 heavy (non-hydrogen) atoms. The number of carbonyl (C=O) groups is 2. The maximum atomic E-state index is 16.4. The topological polar surface area (TPSA) is 675 Å². The van der Waals surface area contributed by atoms with Crippen molar-refractivity contribution in [3.8, 4) is 0 Å². The summed E-state index contributed by atoms with van der Waals surface area (Å²) in [6.45, 7) is 20.8. The van der Waals surface area contributed by atoms with Crippen LogP contribution in [0.5, 0.6) is 0 Å². The van der Waals surface area contributed by atoms with Crippen molar-refractivity contribution in [1.82, 2.24) is 0 Å². The number of allylic oxidation sites excluding steroid dienone is 3. The van der Waals surface area contributed by atoms with Gasteiger partial charge in [-0.05, 0) is 143 Å². The lowest BCUT2D eigenvalue weighted by atomic mass is 9.33. The van der Waals surface area contributed by atoms with Gasteiger partial charge in [-0.2, -0.15) is 0 Å². The molecular formula is C89H142O44. The molecule has 0 radical (unpaired) electrons. The van der Waals surface area contributed by atoms with Crippen LogP contribution in [0.2, 0.25) is 0 Å². The lowest BCUT2D eigenvalue weighted by Crippen LogP contribution is -2.69. The number of hydrogen-bond donors (Lipinski definition) is 23. The Kier molecular flexibility index (Phi) is 32.6. The molecule has 0 aromatic carbocycles. The zero-order valence-electron chi connectivity index (χ0n) is 76.5. The van der Waals surface area contributed by atoms with E-state index in [2.05, 4.69) is 61.1 Å². The van der Waals surface area contributed by atoms with E-state index in [1.807, 2.05) is 0 Å². The van der Waals surface area contributed by atoms with E-state index in [9.17, 15) is 122 Å². The van der Waals surface area contributed by atoms with E-state index in [1.54, 1.807) is 6.92 Å². The summed E-state index contributed by atoms with van der Waals surface area (Å²) in [7, 11) is 0. The summed E-state index contributed by atoms with van der Waals surface area (Å²) in [6, 6.07) is 0.